The Morgan fingerprint density at radius 3 is 2.72 bits per heavy atom. The largest absolute Gasteiger partial charge is 0.491 e. The van der Waals surface area contributed by atoms with Gasteiger partial charge in [0.15, 0.2) is 11.6 Å². The molecule has 0 N–H and O–H groups in total. The minimum Gasteiger partial charge on any atom is -0.491 e. The Kier molecular flexibility index (Phi) is 3.99. The van der Waals surface area contributed by atoms with Crippen molar-refractivity contribution >= 4 is 10.0 Å². The Morgan fingerprint density at radius 1 is 1.32 bits per heavy atom. The summed E-state index contributed by atoms with van der Waals surface area (Å²) < 4.78 is 46.6. The van der Waals surface area contributed by atoms with Gasteiger partial charge in [0.2, 0.25) is 10.0 Å². The van der Waals surface area contributed by atoms with Crippen molar-refractivity contribution in [2.24, 2.45) is 0 Å². The molecule has 1 aliphatic carbocycles. The molecule has 2 aromatic rings. The van der Waals surface area contributed by atoms with Gasteiger partial charge in [0.1, 0.15) is 5.69 Å². The molecule has 0 radical (unpaired) electrons. The Labute approximate surface area is 145 Å². The van der Waals surface area contributed by atoms with E-state index in [2.05, 4.69) is 10.3 Å². The van der Waals surface area contributed by atoms with Gasteiger partial charge in [0, 0.05) is 18.7 Å². The lowest BCUT2D eigenvalue weighted by Gasteiger charge is -2.37. The van der Waals surface area contributed by atoms with E-state index in [1.165, 1.54) is 10.4 Å². The molecule has 1 saturated carbocycles. The van der Waals surface area contributed by atoms with Crippen molar-refractivity contribution in [3.8, 4) is 17.0 Å². The lowest BCUT2D eigenvalue weighted by molar-refractivity contribution is 0.188. The van der Waals surface area contributed by atoms with E-state index in [-0.39, 0.29) is 17.0 Å². The van der Waals surface area contributed by atoms with Crippen molar-refractivity contribution in [2.75, 3.05) is 19.7 Å². The minimum atomic E-state index is -3.12. The summed E-state index contributed by atoms with van der Waals surface area (Å²) in [6, 6.07) is 4.64. The molecule has 0 bridgehead atoms. The van der Waals surface area contributed by atoms with Crippen LogP contribution in [0.15, 0.2) is 24.4 Å². The molecule has 2 aliphatic rings. The maximum Gasteiger partial charge on any atom is 0.217 e. The second-order valence-electron chi connectivity index (χ2n) is 6.38. The monoisotopic (exact) mass is 366 g/mol. The molecule has 4 rings (SSSR count). The zero-order valence-corrected chi connectivity index (χ0v) is 14.6. The van der Waals surface area contributed by atoms with E-state index in [4.69, 9.17) is 4.74 Å². The zero-order valence-electron chi connectivity index (χ0n) is 13.8. The van der Waals surface area contributed by atoms with Crippen LogP contribution < -0.4 is 4.74 Å². The summed E-state index contributed by atoms with van der Waals surface area (Å²) in [4.78, 5) is 0. The minimum absolute atomic E-state index is 0.0256. The highest BCUT2D eigenvalue weighted by Gasteiger charge is 2.45. The molecule has 1 aliphatic heterocycles. The van der Waals surface area contributed by atoms with E-state index in [9.17, 15) is 12.8 Å². The van der Waals surface area contributed by atoms with Crippen molar-refractivity contribution in [1.29, 1.82) is 0 Å². The first-order valence-corrected chi connectivity index (χ1v) is 9.83. The smallest absolute Gasteiger partial charge is 0.217 e. The topological polar surface area (TPSA) is 77.3 Å². The number of benzene rings is 1. The molecule has 0 atom stereocenters. The van der Waals surface area contributed by atoms with Crippen LogP contribution in [-0.2, 0) is 10.0 Å². The van der Waals surface area contributed by atoms with Crippen LogP contribution in [0.2, 0.25) is 0 Å². The fraction of sp³-hybridized carbons (Fsp3) is 0.500. The first-order valence-electron chi connectivity index (χ1n) is 8.32. The van der Waals surface area contributed by atoms with Gasteiger partial charge in [0.05, 0.1) is 24.1 Å². The fourth-order valence-electron chi connectivity index (χ4n) is 2.89. The van der Waals surface area contributed by atoms with E-state index in [0.29, 0.717) is 31.0 Å². The highest BCUT2D eigenvalue weighted by Crippen LogP contribution is 2.35. The third kappa shape index (κ3) is 3.02. The third-order valence-electron chi connectivity index (χ3n) is 4.55. The van der Waals surface area contributed by atoms with Gasteiger partial charge in [-0.25, -0.2) is 17.5 Å². The number of sulfonamides is 1. The van der Waals surface area contributed by atoms with Crippen molar-refractivity contribution in [3.63, 3.8) is 0 Å². The average molecular weight is 366 g/mol. The Bertz CT molecular complexity index is 889. The molecule has 1 aromatic heterocycles. The summed E-state index contributed by atoms with van der Waals surface area (Å²) in [5.74, 6) is -0.238. The fourth-order valence-corrected chi connectivity index (χ4v) is 4.80. The normalized spacial score (nSPS) is 19.0. The van der Waals surface area contributed by atoms with E-state index in [1.807, 2.05) is 0 Å². The van der Waals surface area contributed by atoms with Crippen LogP contribution in [-0.4, -0.2) is 52.7 Å². The molecular weight excluding hydrogens is 347 g/mol. The van der Waals surface area contributed by atoms with Gasteiger partial charge in [-0.05, 0) is 38.0 Å². The van der Waals surface area contributed by atoms with E-state index >= 15 is 0 Å². The van der Waals surface area contributed by atoms with Crippen molar-refractivity contribution in [3.05, 3.63) is 30.2 Å². The second kappa shape index (κ2) is 6.06. The molecule has 0 unspecified atom stereocenters. The molecule has 2 fully saturated rings. The molecular formula is C16H19FN4O3S. The zero-order chi connectivity index (χ0) is 17.6. The van der Waals surface area contributed by atoms with Gasteiger partial charge in [-0.3, -0.25) is 0 Å². The van der Waals surface area contributed by atoms with Gasteiger partial charge >= 0.3 is 0 Å². The van der Waals surface area contributed by atoms with Crippen LogP contribution in [0.4, 0.5) is 4.39 Å². The summed E-state index contributed by atoms with van der Waals surface area (Å²) >= 11 is 0. The van der Waals surface area contributed by atoms with Crippen LogP contribution in [0.25, 0.3) is 11.3 Å². The Balaban J connectivity index is 1.45. The predicted molar refractivity (Wildman–Crippen MR) is 89.1 cm³/mol. The van der Waals surface area contributed by atoms with Crippen LogP contribution in [0.1, 0.15) is 25.8 Å². The molecule has 9 heteroatoms. The molecule has 2 heterocycles. The molecule has 1 saturated heterocycles. The lowest BCUT2D eigenvalue weighted by atomic mass is 10.1. The number of aromatic nitrogens is 3. The number of halogens is 1. The first kappa shape index (κ1) is 16.5. The number of hydrogen-bond acceptors (Lipinski definition) is 5. The molecule has 25 heavy (non-hydrogen) atoms. The molecule has 0 amide bonds. The maximum absolute atomic E-state index is 14.0. The van der Waals surface area contributed by atoms with Gasteiger partial charge in [-0.1, -0.05) is 5.21 Å². The van der Waals surface area contributed by atoms with E-state index < -0.39 is 15.8 Å². The number of hydrogen-bond donors (Lipinski definition) is 0. The number of rotatable bonds is 6. The molecule has 0 spiro atoms. The first-order chi connectivity index (χ1) is 12.0. The summed E-state index contributed by atoms with van der Waals surface area (Å²) in [5, 5.41) is 7.96. The summed E-state index contributed by atoms with van der Waals surface area (Å²) in [5.41, 5.74) is 1.15. The highest BCUT2D eigenvalue weighted by atomic mass is 32.2. The van der Waals surface area contributed by atoms with E-state index in [1.54, 1.807) is 29.9 Å². The highest BCUT2D eigenvalue weighted by molar-refractivity contribution is 7.90. The predicted octanol–water partition coefficient (Wildman–Crippen LogP) is 1.83. The lowest BCUT2D eigenvalue weighted by Crippen LogP contribution is -2.51. The van der Waals surface area contributed by atoms with Gasteiger partial charge in [0.25, 0.3) is 0 Å². The quantitative estimate of drug-likeness (QED) is 0.779. The summed E-state index contributed by atoms with van der Waals surface area (Å²) in [6.07, 6.45) is 3.25. The maximum atomic E-state index is 14.0. The number of nitrogens with zero attached hydrogens (tertiary/aromatic N) is 4. The van der Waals surface area contributed by atoms with Crippen molar-refractivity contribution in [1.82, 2.24) is 19.3 Å². The van der Waals surface area contributed by atoms with E-state index in [0.717, 1.165) is 12.8 Å². The van der Waals surface area contributed by atoms with Crippen LogP contribution in [0, 0.1) is 5.82 Å². The Hall–Kier alpha value is -2.00. The Morgan fingerprint density at radius 2 is 2.08 bits per heavy atom. The van der Waals surface area contributed by atoms with Gasteiger partial charge < -0.3 is 4.74 Å². The third-order valence-corrected chi connectivity index (χ3v) is 6.88. The molecule has 7 nitrogen and oxygen atoms in total. The average Bonchev–Trinajstić information content (AvgIpc) is 3.29. The second-order valence-corrected chi connectivity index (χ2v) is 8.59. The van der Waals surface area contributed by atoms with Gasteiger partial charge in [-0.2, -0.15) is 4.31 Å². The molecule has 134 valence electrons. The van der Waals surface area contributed by atoms with Crippen LogP contribution >= 0.6 is 0 Å². The van der Waals surface area contributed by atoms with Crippen LogP contribution in [0.5, 0.6) is 5.75 Å². The summed E-state index contributed by atoms with van der Waals surface area (Å²) in [6.45, 7) is 3.03. The molecule has 1 aromatic carbocycles. The standard InChI is InChI=1S/C16H19FN4O3S/c1-2-24-16-6-3-11(7-14(16)17)15-10-21(19-18-15)12-8-20(9-12)25(22,23)13-4-5-13/h3,6-7,10,12-13H,2,4-5,8-9H2,1H3. The number of ether oxygens (including phenoxy) is 1. The SMILES string of the molecule is CCOc1ccc(-c2cn(C3CN(S(=O)(=O)C4CC4)C3)nn2)cc1F. The summed E-state index contributed by atoms with van der Waals surface area (Å²) in [7, 11) is -3.12. The van der Waals surface area contributed by atoms with Gasteiger partial charge in [-0.15, -0.1) is 5.10 Å². The van der Waals surface area contributed by atoms with Crippen molar-refractivity contribution in [2.45, 2.75) is 31.1 Å². The van der Waals surface area contributed by atoms with Crippen LogP contribution in [0.3, 0.4) is 0 Å². The van der Waals surface area contributed by atoms with Crippen molar-refractivity contribution < 1.29 is 17.5 Å².